The third-order valence-corrected chi connectivity index (χ3v) is 4.34. The largest absolute Gasteiger partial charge is 0.508 e. The van der Waals surface area contributed by atoms with Crippen molar-refractivity contribution in [2.45, 2.75) is 26.3 Å². The lowest BCUT2D eigenvalue weighted by Gasteiger charge is -2.03. The predicted molar refractivity (Wildman–Crippen MR) is 102 cm³/mol. The lowest BCUT2D eigenvalue weighted by molar-refractivity contribution is -0.116. The van der Waals surface area contributed by atoms with Crippen LogP contribution in [0.15, 0.2) is 41.2 Å². The summed E-state index contributed by atoms with van der Waals surface area (Å²) in [5.74, 6) is -1.19. The first-order valence-corrected chi connectivity index (χ1v) is 8.83. The Bertz CT molecular complexity index is 1090. The first-order valence-electron chi connectivity index (χ1n) is 8.83. The minimum Gasteiger partial charge on any atom is -0.508 e. The standard InChI is InChI=1S/C20H18N4O5/c1-2-24-10-15(20(27)28)17(11-24)22-18(26)8-7-16-14(9-21)19(29-23-16)12-3-5-13(25)6-4-12/h3-6,10-11,25H,2,7-8H2,1H3,(H,22,26)(H,27,28). The molecule has 29 heavy (non-hydrogen) atoms. The molecular formula is C20H18N4O5. The lowest BCUT2D eigenvalue weighted by atomic mass is 10.1. The number of hydrogen-bond donors (Lipinski definition) is 3. The molecule has 0 fully saturated rings. The summed E-state index contributed by atoms with van der Waals surface area (Å²) >= 11 is 0. The number of carboxylic acids is 1. The Morgan fingerprint density at radius 1 is 1.28 bits per heavy atom. The van der Waals surface area contributed by atoms with Crippen molar-refractivity contribution in [3.05, 3.63) is 53.5 Å². The van der Waals surface area contributed by atoms with Crippen LogP contribution < -0.4 is 5.32 Å². The van der Waals surface area contributed by atoms with Crippen LogP contribution in [0.1, 0.15) is 35.0 Å². The van der Waals surface area contributed by atoms with Crippen molar-refractivity contribution in [1.29, 1.82) is 5.26 Å². The molecule has 2 heterocycles. The highest BCUT2D eigenvalue weighted by Gasteiger charge is 2.20. The van der Waals surface area contributed by atoms with E-state index in [4.69, 9.17) is 4.52 Å². The quantitative estimate of drug-likeness (QED) is 0.559. The maximum absolute atomic E-state index is 12.3. The summed E-state index contributed by atoms with van der Waals surface area (Å²) in [5, 5.41) is 34.6. The molecule has 2 aromatic heterocycles. The average molecular weight is 394 g/mol. The highest BCUT2D eigenvalue weighted by atomic mass is 16.5. The monoisotopic (exact) mass is 394 g/mol. The molecule has 3 aromatic rings. The van der Waals surface area contributed by atoms with Crippen molar-refractivity contribution in [2.24, 2.45) is 0 Å². The topological polar surface area (TPSA) is 141 Å². The van der Waals surface area contributed by atoms with Gasteiger partial charge in [0.15, 0.2) is 5.76 Å². The summed E-state index contributed by atoms with van der Waals surface area (Å²) in [6.45, 7) is 2.43. The van der Waals surface area contributed by atoms with Crippen LogP contribution in [0.3, 0.4) is 0 Å². The van der Waals surface area contributed by atoms with Crippen molar-refractivity contribution < 1.29 is 24.3 Å². The number of nitrogens with zero attached hydrogens (tertiary/aromatic N) is 3. The molecule has 0 unspecified atom stereocenters. The molecule has 9 nitrogen and oxygen atoms in total. The number of phenolic OH excluding ortho intramolecular Hbond substituents is 1. The number of benzene rings is 1. The van der Waals surface area contributed by atoms with E-state index >= 15 is 0 Å². The van der Waals surface area contributed by atoms with Gasteiger partial charge < -0.3 is 24.6 Å². The van der Waals surface area contributed by atoms with E-state index in [1.165, 1.54) is 18.3 Å². The second kappa shape index (κ2) is 8.31. The smallest absolute Gasteiger partial charge is 0.339 e. The SMILES string of the molecule is CCn1cc(NC(=O)CCc2noc(-c3ccc(O)cc3)c2C#N)c(C(=O)O)c1. The minimum absolute atomic E-state index is 0.00735. The first kappa shape index (κ1) is 19.7. The maximum Gasteiger partial charge on any atom is 0.339 e. The van der Waals surface area contributed by atoms with Gasteiger partial charge in [-0.05, 0) is 31.2 Å². The van der Waals surface area contributed by atoms with Gasteiger partial charge in [0, 0.05) is 37.3 Å². The van der Waals surface area contributed by atoms with E-state index in [1.54, 1.807) is 22.9 Å². The van der Waals surface area contributed by atoms with Crippen molar-refractivity contribution in [3.8, 4) is 23.1 Å². The maximum atomic E-state index is 12.3. The van der Waals surface area contributed by atoms with E-state index in [0.29, 0.717) is 17.8 Å². The van der Waals surface area contributed by atoms with Crippen LogP contribution in [0.5, 0.6) is 5.75 Å². The highest BCUT2D eigenvalue weighted by molar-refractivity contribution is 6.00. The molecule has 3 rings (SSSR count). The number of amides is 1. The fourth-order valence-corrected chi connectivity index (χ4v) is 2.82. The molecule has 0 aliphatic heterocycles. The third kappa shape index (κ3) is 4.27. The predicted octanol–water partition coefficient (Wildman–Crippen LogP) is 3.01. The number of nitriles is 1. The summed E-state index contributed by atoms with van der Waals surface area (Å²) in [6, 6.07) is 8.16. The number of carboxylic acid groups (broad SMARTS) is 1. The second-order valence-electron chi connectivity index (χ2n) is 6.26. The number of aromatic nitrogens is 2. The van der Waals surface area contributed by atoms with Gasteiger partial charge in [-0.15, -0.1) is 0 Å². The van der Waals surface area contributed by atoms with Gasteiger partial charge in [0.25, 0.3) is 0 Å². The number of aromatic hydroxyl groups is 1. The molecule has 0 spiro atoms. The van der Waals surface area contributed by atoms with Crippen molar-refractivity contribution in [3.63, 3.8) is 0 Å². The molecule has 0 bridgehead atoms. The molecule has 0 atom stereocenters. The van der Waals surface area contributed by atoms with E-state index in [2.05, 4.69) is 10.5 Å². The van der Waals surface area contributed by atoms with Crippen molar-refractivity contribution >= 4 is 17.6 Å². The Morgan fingerprint density at radius 3 is 2.62 bits per heavy atom. The Hall–Kier alpha value is -4.06. The first-order chi connectivity index (χ1) is 13.9. The summed E-state index contributed by atoms with van der Waals surface area (Å²) < 4.78 is 6.93. The Labute approximate surface area is 165 Å². The zero-order chi connectivity index (χ0) is 21.0. The van der Waals surface area contributed by atoms with E-state index in [0.717, 1.165) is 0 Å². The highest BCUT2D eigenvalue weighted by Crippen LogP contribution is 2.28. The van der Waals surface area contributed by atoms with Crippen LogP contribution in [-0.2, 0) is 17.8 Å². The summed E-state index contributed by atoms with van der Waals surface area (Å²) in [4.78, 5) is 23.6. The van der Waals surface area contributed by atoms with Crippen LogP contribution in [0.25, 0.3) is 11.3 Å². The molecule has 148 valence electrons. The molecule has 1 amide bonds. The molecule has 0 aliphatic rings. The van der Waals surface area contributed by atoms with Gasteiger partial charge >= 0.3 is 5.97 Å². The van der Waals surface area contributed by atoms with Crippen LogP contribution in [0, 0.1) is 11.3 Å². The second-order valence-corrected chi connectivity index (χ2v) is 6.26. The Kier molecular flexibility index (Phi) is 5.64. The average Bonchev–Trinajstić information content (AvgIpc) is 3.30. The van der Waals surface area contributed by atoms with Crippen LogP contribution in [0.4, 0.5) is 5.69 Å². The number of aryl methyl sites for hydroxylation is 2. The number of phenols is 1. The molecule has 1 aromatic carbocycles. The zero-order valence-corrected chi connectivity index (χ0v) is 15.5. The van der Waals surface area contributed by atoms with Gasteiger partial charge in [0.2, 0.25) is 5.91 Å². The van der Waals surface area contributed by atoms with Crippen LogP contribution >= 0.6 is 0 Å². The molecule has 0 radical (unpaired) electrons. The lowest BCUT2D eigenvalue weighted by Crippen LogP contribution is -2.14. The molecular weight excluding hydrogens is 376 g/mol. The van der Waals surface area contributed by atoms with Gasteiger partial charge in [0.05, 0.1) is 5.69 Å². The van der Waals surface area contributed by atoms with Gasteiger partial charge in [-0.2, -0.15) is 5.26 Å². The number of rotatable bonds is 7. The number of nitrogens with one attached hydrogen (secondary N) is 1. The molecule has 9 heteroatoms. The molecule has 3 N–H and O–H groups in total. The zero-order valence-electron chi connectivity index (χ0n) is 15.5. The fourth-order valence-electron chi connectivity index (χ4n) is 2.82. The third-order valence-electron chi connectivity index (χ3n) is 4.34. The number of hydrogen-bond acceptors (Lipinski definition) is 6. The van der Waals surface area contributed by atoms with E-state index < -0.39 is 11.9 Å². The number of carbonyl (C=O) groups is 2. The van der Waals surface area contributed by atoms with Gasteiger partial charge in [-0.3, -0.25) is 4.79 Å². The fraction of sp³-hybridized carbons (Fsp3) is 0.200. The van der Waals surface area contributed by atoms with E-state index in [-0.39, 0.29) is 41.2 Å². The number of carbonyl (C=O) groups excluding carboxylic acids is 1. The normalized spacial score (nSPS) is 10.5. The molecule has 0 saturated heterocycles. The molecule has 0 saturated carbocycles. The van der Waals surface area contributed by atoms with Crippen LogP contribution in [-0.4, -0.2) is 31.8 Å². The van der Waals surface area contributed by atoms with Gasteiger partial charge in [-0.1, -0.05) is 5.16 Å². The van der Waals surface area contributed by atoms with Crippen molar-refractivity contribution in [2.75, 3.05) is 5.32 Å². The Morgan fingerprint density at radius 2 is 2.00 bits per heavy atom. The van der Waals surface area contributed by atoms with Crippen LogP contribution in [0.2, 0.25) is 0 Å². The van der Waals surface area contributed by atoms with E-state index in [1.807, 2.05) is 13.0 Å². The Balaban J connectivity index is 1.71. The summed E-state index contributed by atoms with van der Waals surface area (Å²) in [7, 11) is 0. The number of aromatic carboxylic acids is 1. The minimum atomic E-state index is -1.13. The van der Waals surface area contributed by atoms with E-state index in [9.17, 15) is 25.1 Å². The summed E-state index contributed by atoms with van der Waals surface area (Å²) in [5.41, 5.74) is 1.35. The number of anilines is 1. The molecule has 0 aliphatic carbocycles. The van der Waals surface area contributed by atoms with Gasteiger partial charge in [-0.25, -0.2) is 4.79 Å². The summed E-state index contributed by atoms with van der Waals surface area (Å²) in [6.07, 6.45) is 3.15. The van der Waals surface area contributed by atoms with Crippen molar-refractivity contribution in [1.82, 2.24) is 9.72 Å². The van der Waals surface area contributed by atoms with Gasteiger partial charge in [0.1, 0.15) is 28.6 Å².